The molecule has 1 fully saturated rings. The average molecular weight is 241 g/mol. The highest BCUT2D eigenvalue weighted by Gasteiger charge is 2.21. The molecule has 0 unspecified atom stereocenters. The van der Waals surface area contributed by atoms with Gasteiger partial charge in [0.15, 0.2) is 0 Å². The molecular formula is C10H15N3S2. The fraction of sp³-hybridized carbons (Fsp3) is 0.600. The van der Waals surface area contributed by atoms with Gasteiger partial charge in [0.1, 0.15) is 5.01 Å². The van der Waals surface area contributed by atoms with E-state index in [0.717, 1.165) is 32.5 Å². The van der Waals surface area contributed by atoms with Gasteiger partial charge in [0.25, 0.3) is 0 Å². The molecule has 1 aliphatic heterocycles. The van der Waals surface area contributed by atoms with E-state index >= 15 is 0 Å². The van der Waals surface area contributed by atoms with Crippen LogP contribution in [0.2, 0.25) is 0 Å². The molecule has 5 heteroatoms. The van der Waals surface area contributed by atoms with Gasteiger partial charge in [0.05, 0.1) is 11.5 Å². The van der Waals surface area contributed by atoms with E-state index in [9.17, 15) is 0 Å². The van der Waals surface area contributed by atoms with Crippen molar-refractivity contribution in [2.75, 3.05) is 13.1 Å². The first-order valence-electron chi connectivity index (χ1n) is 5.16. The molecule has 0 radical (unpaired) electrons. The zero-order valence-corrected chi connectivity index (χ0v) is 10.2. The van der Waals surface area contributed by atoms with Crippen LogP contribution in [0.4, 0.5) is 0 Å². The van der Waals surface area contributed by atoms with Gasteiger partial charge in [-0.1, -0.05) is 12.2 Å². The Labute approximate surface area is 99.3 Å². The Kier molecular flexibility index (Phi) is 3.66. The second-order valence-electron chi connectivity index (χ2n) is 3.88. The minimum Gasteiger partial charge on any atom is -0.393 e. The maximum atomic E-state index is 5.65. The first kappa shape index (κ1) is 11.0. The third kappa shape index (κ3) is 2.96. The lowest BCUT2D eigenvalue weighted by atomic mass is 9.97. The van der Waals surface area contributed by atoms with E-state index < -0.39 is 0 Å². The van der Waals surface area contributed by atoms with Crippen LogP contribution >= 0.6 is 23.6 Å². The minimum absolute atomic E-state index is 0.451. The molecule has 0 amide bonds. The standard InChI is InChI=1S/C10H15N3S2/c11-10(14)8-1-4-13(5-2-8)7-9-12-3-6-15-9/h3,6,8H,1-2,4-5,7H2,(H2,11,14). The van der Waals surface area contributed by atoms with Crippen LogP contribution in [-0.4, -0.2) is 28.0 Å². The van der Waals surface area contributed by atoms with E-state index in [0.29, 0.717) is 10.9 Å². The lowest BCUT2D eigenvalue weighted by Crippen LogP contribution is -2.37. The molecule has 0 aliphatic carbocycles. The van der Waals surface area contributed by atoms with Gasteiger partial charge >= 0.3 is 0 Å². The average Bonchev–Trinajstić information content (AvgIpc) is 2.71. The topological polar surface area (TPSA) is 42.1 Å². The number of hydrogen-bond donors (Lipinski definition) is 1. The van der Waals surface area contributed by atoms with Crippen molar-refractivity contribution in [2.45, 2.75) is 19.4 Å². The van der Waals surface area contributed by atoms with E-state index in [1.54, 1.807) is 11.3 Å². The van der Waals surface area contributed by atoms with Crippen molar-refractivity contribution in [2.24, 2.45) is 11.7 Å². The summed E-state index contributed by atoms with van der Waals surface area (Å²) in [5.41, 5.74) is 5.65. The van der Waals surface area contributed by atoms with Gasteiger partial charge in [0, 0.05) is 17.5 Å². The summed E-state index contributed by atoms with van der Waals surface area (Å²) < 4.78 is 0. The highest BCUT2D eigenvalue weighted by Crippen LogP contribution is 2.19. The van der Waals surface area contributed by atoms with E-state index in [4.69, 9.17) is 18.0 Å². The summed E-state index contributed by atoms with van der Waals surface area (Å²) in [6, 6.07) is 0. The van der Waals surface area contributed by atoms with Gasteiger partial charge in [-0.25, -0.2) is 4.98 Å². The molecule has 0 saturated carbocycles. The maximum Gasteiger partial charge on any atom is 0.107 e. The van der Waals surface area contributed by atoms with Gasteiger partial charge in [-0.3, -0.25) is 4.90 Å². The number of thiocarbonyl (C=S) groups is 1. The van der Waals surface area contributed by atoms with Crippen LogP contribution < -0.4 is 5.73 Å². The molecule has 15 heavy (non-hydrogen) atoms. The van der Waals surface area contributed by atoms with Crippen molar-refractivity contribution >= 4 is 28.5 Å². The van der Waals surface area contributed by atoms with Crippen molar-refractivity contribution in [1.29, 1.82) is 0 Å². The Balaban J connectivity index is 1.81. The summed E-state index contributed by atoms with van der Waals surface area (Å²) >= 11 is 6.74. The van der Waals surface area contributed by atoms with E-state index in [1.807, 2.05) is 11.6 Å². The molecule has 2 heterocycles. The summed E-state index contributed by atoms with van der Waals surface area (Å²) in [5.74, 6) is 0.451. The molecule has 0 atom stereocenters. The summed E-state index contributed by atoms with van der Waals surface area (Å²) in [7, 11) is 0. The monoisotopic (exact) mass is 241 g/mol. The lowest BCUT2D eigenvalue weighted by molar-refractivity contribution is 0.202. The molecule has 0 bridgehead atoms. The van der Waals surface area contributed by atoms with Crippen molar-refractivity contribution in [1.82, 2.24) is 9.88 Å². The minimum atomic E-state index is 0.451. The normalized spacial score (nSPS) is 19.2. The molecular weight excluding hydrogens is 226 g/mol. The Hall–Kier alpha value is -0.520. The molecule has 3 nitrogen and oxygen atoms in total. The van der Waals surface area contributed by atoms with Crippen molar-refractivity contribution in [3.63, 3.8) is 0 Å². The molecule has 1 aliphatic rings. The largest absolute Gasteiger partial charge is 0.393 e. The quantitative estimate of drug-likeness (QED) is 0.817. The predicted molar refractivity (Wildman–Crippen MR) is 66.9 cm³/mol. The lowest BCUT2D eigenvalue weighted by Gasteiger charge is -2.30. The summed E-state index contributed by atoms with van der Waals surface area (Å²) in [5, 5.41) is 3.22. The predicted octanol–water partition coefficient (Wildman–Crippen LogP) is 1.64. The second kappa shape index (κ2) is 5.01. The first-order valence-corrected chi connectivity index (χ1v) is 6.44. The fourth-order valence-electron chi connectivity index (χ4n) is 1.90. The molecule has 2 N–H and O–H groups in total. The van der Waals surface area contributed by atoms with Gasteiger partial charge < -0.3 is 5.73 Å². The van der Waals surface area contributed by atoms with Crippen LogP contribution in [0.3, 0.4) is 0 Å². The first-order chi connectivity index (χ1) is 7.25. The van der Waals surface area contributed by atoms with Crippen LogP contribution in [0.5, 0.6) is 0 Å². The maximum absolute atomic E-state index is 5.65. The van der Waals surface area contributed by atoms with Crippen LogP contribution in [0, 0.1) is 5.92 Å². The zero-order valence-electron chi connectivity index (χ0n) is 8.56. The summed E-state index contributed by atoms with van der Waals surface area (Å²) in [6.45, 7) is 3.14. The van der Waals surface area contributed by atoms with E-state index in [-0.39, 0.29) is 0 Å². The molecule has 2 rings (SSSR count). The summed E-state index contributed by atoms with van der Waals surface area (Å²) in [4.78, 5) is 7.40. The number of thiazole rings is 1. The van der Waals surface area contributed by atoms with Gasteiger partial charge in [-0.05, 0) is 25.9 Å². The van der Waals surface area contributed by atoms with Gasteiger partial charge in [-0.15, -0.1) is 11.3 Å². The van der Waals surface area contributed by atoms with Crippen molar-refractivity contribution < 1.29 is 0 Å². The number of piperidine rings is 1. The number of nitrogens with two attached hydrogens (primary N) is 1. The number of aromatic nitrogens is 1. The van der Waals surface area contributed by atoms with E-state index in [2.05, 4.69) is 9.88 Å². The number of nitrogens with zero attached hydrogens (tertiary/aromatic N) is 2. The smallest absolute Gasteiger partial charge is 0.107 e. The zero-order chi connectivity index (χ0) is 10.7. The highest BCUT2D eigenvalue weighted by molar-refractivity contribution is 7.80. The van der Waals surface area contributed by atoms with Crippen LogP contribution in [0.1, 0.15) is 17.8 Å². The highest BCUT2D eigenvalue weighted by atomic mass is 32.1. The van der Waals surface area contributed by atoms with Crippen LogP contribution in [-0.2, 0) is 6.54 Å². The second-order valence-corrected chi connectivity index (χ2v) is 5.33. The van der Waals surface area contributed by atoms with E-state index in [1.165, 1.54) is 5.01 Å². The van der Waals surface area contributed by atoms with Gasteiger partial charge in [-0.2, -0.15) is 0 Å². The van der Waals surface area contributed by atoms with Crippen LogP contribution in [0.15, 0.2) is 11.6 Å². The SMILES string of the molecule is NC(=S)C1CCN(Cc2nccs2)CC1. The third-order valence-corrected chi connectivity index (χ3v) is 3.93. The van der Waals surface area contributed by atoms with Crippen molar-refractivity contribution in [3.8, 4) is 0 Å². The Bertz CT molecular complexity index is 315. The Morgan fingerprint density at radius 1 is 1.60 bits per heavy atom. The Morgan fingerprint density at radius 3 is 2.87 bits per heavy atom. The fourth-order valence-corrected chi connectivity index (χ4v) is 2.79. The number of rotatable bonds is 3. The van der Waals surface area contributed by atoms with Crippen LogP contribution in [0.25, 0.3) is 0 Å². The summed E-state index contributed by atoms with van der Waals surface area (Å²) in [6.07, 6.45) is 4.06. The number of likely N-dealkylation sites (tertiary alicyclic amines) is 1. The molecule has 0 aromatic carbocycles. The molecule has 0 spiro atoms. The molecule has 1 aromatic heterocycles. The molecule has 82 valence electrons. The Morgan fingerprint density at radius 2 is 2.33 bits per heavy atom. The van der Waals surface area contributed by atoms with Crippen molar-refractivity contribution in [3.05, 3.63) is 16.6 Å². The molecule has 1 aromatic rings. The molecule has 1 saturated heterocycles. The third-order valence-electron chi connectivity index (χ3n) is 2.83. The van der Waals surface area contributed by atoms with Gasteiger partial charge in [0.2, 0.25) is 0 Å². The number of hydrogen-bond acceptors (Lipinski definition) is 4.